The molecule has 2 heterocycles. The number of para-hydroxylation sites is 3. The zero-order chi connectivity index (χ0) is 29.8. The number of fused-ring (bicyclic) bond motifs is 4. The normalized spacial score (nSPS) is 15.0. The predicted octanol–water partition coefficient (Wildman–Crippen LogP) is 4.54. The number of hydrogen-bond donors (Lipinski definition) is 0. The van der Waals surface area contributed by atoms with Crippen LogP contribution in [-0.2, 0) is 0 Å². The van der Waals surface area contributed by atoms with Gasteiger partial charge in [-0.25, -0.2) is 0 Å². The van der Waals surface area contributed by atoms with Crippen LogP contribution < -0.4 is 46.4 Å². The van der Waals surface area contributed by atoms with Gasteiger partial charge in [-0.05, 0) is 53.6 Å². The van der Waals surface area contributed by atoms with Crippen LogP contribution in [0.1, 0.15) is 0 Å². The summed E-state index contributed by atoms with van der Waals surface area (Å²) in [6.45, 7) is 0. The summed E-state index contributed by atoms with van der Waals surface area (Å²) in [5.74, 6) is 0. The smallest absolute Gasteiger partial charge is 0.184 e. The Balaban J connectivity index is 1.52. The molecule has 2 aliphatic rings. The second kappa shape index (κ2) is 10.2. The van der Waals surface area contributed by atoms with Gasteiger partial charge in [-0.3, -0.25) is 0 Å². The minimum Gasteiger partial charge on any atom is -0.311 e. The van der Waals surface area contributed by atoms with E-state index in [-0.39, 0.29) is 0 Å². The monoisotopic (exact) mass is 605 g/mol. The van der Waals surface area contributed by atoms with Crippen molar-refractivity contribution in [2.24, 2.45) is 0 Å². The fourth-order valence-electron chi connectivity index (χ4n) is 8.35. The molecule has 0 N–H and O–H groups in total. The van der Waals surface area contributed by atoms with Crippen LogP contribution in [0.3, 0.4) is 0 Å². The standard InChI is InChI=1S/C42H31NSi2/c1-5-18-32(19-6-1)44(33-20-7-2-8-21-33)38-28-15-13-26-36(38)43-37-27-14-16-29-39(37)45(34-22-9-3-10-23-34,35-24-11-4-12-25-35)41-31-17-30-40(44)42(41)43/h1-31H. The lowest BCUT2D eigenvalue weighted by Crippen LogP contribution is -2.82. The van der Waals surface area contributed by atoms with Gasteiger partial charge >= 0.3 is 0 Å². The summed E-state index contributed by atoms with van der Waals surface area (Å²) in [4.78, 5) is 2.61. The van der Waals surface area contributed by atoms with E-state index < -0.39 is 16.1 Å². The molecule has 0 unspecified atom stereocenters. The van der Waals surface area contributed by atoms with Gasteiger partial charge in [0.15, 0.2) is 16.1 Å². The third-order valence-electron chi connectivity index (χ3n) is 9.99. The number of rotatable bonds is 4. The molecule has 9 rings (SSSR count). The van der Waals surface area contributed by atoms with Crippen molar-refractivity contribution in [3.63, 3.8) is 0 Å². The fourth-order valence-corrected chi connectivity index (χ4v) is 18.7. The van der Waals surface area contributed by atoms with E-state index in [1.54, 1.807) is 0 Å². The van der Waals surface area contributed by atoms with Crippen molar-refractivity contribution in [1.82, 2.24) is 0 Å². The number of benzene rings is 7. The molecule has 0 atom stereocenters. The molecule has 0 aliphatic carbocycles. The Labute approximate surface area is 266 Å². The van der Waals surface area contributed by atoms with Crippen molar-refractivity contribution in [3.8, 4) is 0 Å². The van der Waals surface area contributed by atoms with Crippen LogP contribution in [0.4, 0.5) is 17.1 Å². The highest BCUT2D eigenvalue weighted by molar-refractivity contribution is 7.24. The van der Waals surface area contributed by atoms with Gasteiger partial charge in [0.1, 0.15) is 0 Å². The molecule has 212 valence electrons. The molecule has 3 heteroatoms. The molecule has 1 nitrogen and oxygen atoms in total. The van der Waals surface area contributed by atoms with Crippen molar-refractivity contribution in [2.75, 3.05) is 4.90 Å². The summed E-state index contributed by atoms with van der Waals surface area (Å²) < 4.78 is 0. The van der Waals surface area contributed by atoms with Crippen molar-refractivity contribution in [3.05, 3.63) is 188 Å². The van der Waals surface area contributed by atoms with Gasteiger partial charge in [-0.1, -0.05) is 176 Å². The zero-order valence-electron chi connectivity index (χ0n) is 24.8. The second-order valence-electron chi connectivity index (χ2n) is 12.0. The second-order valence-corrected chi connectivity index (χ2v) is 19.5. The van der Waals surface area contributed by atoms with Crippen LogP contribution >= 0.6 is 0 Å². The van der Waals surface area contributed by atoms with Gasteiger partial charge in [0.25, 0.3) is 0 Å². The first-order chi connectivity index (χ1) is 22.4. The topological polar surface area (TPSA) is 3.24 Å². The Morgan fingerprint density at radius 2 is 0.556 bits per heavy atom. The molecular weight excluding hydrogens is 575 g/mol. The maximum Gasteiger partial charge on any atom is 0.184 e. The molecule has 0 saturated heterocycles. The summed E-state index contributed by atoms with van der Waals surface area (Å²) in [7, 11) is -5.47. The van der Waals surface area contributed by atoms with E-state index in [9.17, 15) is 0 Å². The van der Waals surface area contributed by atoms with E-state index >= 15 is 0 Å². The Bertz CT molecular complexity index is 1930. The quantitative estimate of drug-likeness (QED) is 0.267. The molecule has 45 heavy (non-hydrogen) atoms. The van der Waals surface area contributed by atoms with E-state index in [0.717, 1.165) is 0 Å². The van der Waals surface area contributed by atoms with Crippen molar-refractivity contribution in [2.45, 2.75) is 0 Å². The largest absolute Gasteiger partial charge is 0.311 e. The third-order valence-corrected chi connectivity index (χ3v) is 19.7. The molecule has 7 aromatic rings. The van der Waals surface area contributed by atoms with Crippen LogP contribution in [0, 0.1) is 0 Å². The first-order valence-electron chi connectivity index (χ1n) is 15.7. The number of nitrogens with zero attached hydrogens (tertiary/aromatic N) is 1. The van der Waals surface area contributed by atoms with Gasteiger partial charge < -0.3 is 4.90 Å². The Kier molecular flexibility index (Phi) is 5.92. The molecule has 0 radical (unpaired) electrons. The number of hydrogen-bond acceptors (Lipinski definition) is 1. The van der Waals surface area contributed by atoms with Crippen LogP contribution in [0.25, 0.3) is 0 Å². The minimum atomic E-state index is -2.74. The van der Waals surface area contributed by atoms with Crippen LogP contribution in [0.5, 0.6) is 0 Å². The first kappa shape index (κ1) is 26.2. The maximum absolute atomic E-state index is 2.74. The van der Waals surface area contributed by atoms with E-state index in [0.29, 0.717) is 0 Å². The van der Waals surface area contributed by atoms with E-state index in [1.165, 1.54) is 58.6 Å². The lowest BCUT2D eigenvalue weighted by Gasteiger charge is -2.51. The molecule has 0 amide bonds. The molecule has 0 bridgehead atoms. The third kappa shape index (κ3) is 3.48. The molecule has 2 aliphatic heterocycles. The minimum absolute atomic E-state index is 1.30. The van der Waals surface area contributed by atoms with E-state index in [4.69, 9.17) is 0 Å². The lowest BCUT2D eigenvalue weighted by molar-refractivity contribution is 1.29. The van der Waals surface area contributed by atoms with Crippen LogP contribution in [-0.4, -0.2) is 16.1 Å². The molecular formula is C42H31NSi2. The summed E-state index contributed by atoms with van der Waals surface area (Å²) >= 11 is 0. The molecule has 0 aromatic heterocycles. The van der Waals surface area contributed by atoms with Gasteiger partial charge in [0.2, 0.25) is 0 Å². The highest BCUT2D eigenvalue weighted by atomic mass is 28.3. The molecule has 0 saturated carbocycles. The summed E-state index contributed by atoms with van der Waals surface area (Å²) in [6.07, 6.45) is 0. The lowest BCUT2D eigenvalue weighted by atomic mass is 10.1. The molecule has 0 spiro atoms. The molecule has 0 fully saturated rings. The fraction of sp³-hybridized carbons (Fsp3) is 0. The summed E-state index contributed by atoms with van der Waals surface area (Å²) in [6, 6.07) is 71.1. The summed E-state index contributed by atoms with van der Waals surface area (Å²) in [5, 5.41) is 11.5. The van der Waals surface area contributed by atoms with Gasteiger partial charge in [0, 0.05) is 17.1 Å². The van der Waals surface area contributed by atoms with Crippen molar-refractivity contribution < 1.29 is 0 Å². The zero-order valence-corrected chi connectivity index (χ0v) is 26.8. The van der Waals surface area contributed by atoms with E-state index in [2.05, 4.69) is 193 Å². The van der Waals surface area contributed by atoms with Gasteiger partial charge in [-0.15, -0.1) is 0 Å². The first-order valence-corrected chi connectivity index (χ1v) is 19.7. The Hall–Kier alpha value is -5.23. The average Bonchev–Trinajstić information content (AvgIpc) is 3.13. The maximum atomic E-state index is 2.61. The Morgan fingerprint density at radius 1 is 0.267 bits per heavy atom. The highest BCUT2D eigenvalue weighted by Gasteiger charge is 2.55. The molecule has 7 aromatic carbocycles. The van der Waals surface area contributed by atoms with Gasteiger partial charge in [0.05, 0.1) is 0 Å². The highest BCUT2D eigenvalue weighted by Crippen LogP contribution is 2.41. The number of anilines is 3. The van der Waals surface area contributed by atoms with Crippen molar-refractivity contribution >= 4 is 74.7 Å². The Morgan fingerprint density at radius 3 is 0.911 bits per heavy atom. The van der Waals surface area contributed by atoms with Crippen LogP contribution in [0.2, 0.25) is 0 Å². The van der Waals surface area contributed by atoms with Crippen LogP contribution in [0.15, 0.2) is 188 Å². The van der Waals surface area contributed by atoms with Crippen molar-refractivity contribution in [1.29, 1.82) is 0 Å². The summed E-state index contributed by atoms with van der Waals surface area (Å²) in [5.41, 5.74) is 3.98. The van der Waals surface area contributed by atoms with Gasteiger partial charge in [-0.2, -0.15) is 0 Å². The SMILES string of the molecule is c1ccc([Si]2(c3ccccc3)c3ccccc3N3c4ccccc4[Si](c4ccccc4)(c4ccccc4)c4cccc2c43)cc1. The predicted molar refractivity (Wildman–Crippen MR) is 195 cm³/mol. The van der Waals surface area contributed by atoms with E-state index in [1.807, 2.05) is 0 Å². The average molecular weight is 606 g/mol.